The van der Waals surface area contributed by atoms with Crippen LogP contribution in [0, 0.1) is 6.92 Å². The van der Waals surface area contributed by atoms with E-state index in [1.54, 1.807) is 36.1 Å². The molecule has 0 aliphatic rings. The second-order valence-electron chi connectivity index (χ2n) is 6.16. The molecule has 0 atom stereocenters. The summed E-state index contributed by atoms with van der Waals surface area (Å²) in [6, 6.07) is 15.1. The van der Waals surface area contributed by atoms with Gasteiger partial charge in [-0.15, -0.1) is 0 Å². The maximum Gasteiger partial charge on any atom is 0.257 e. The zero-order chi connectivity index (χ0) is 18.3. The largest absolute Gasteiger partial charge is 0.497 e. The van der Waals surface area contributed by atoms with Gasteiger partial charge >= 0.3 is 0 Å². The number of nitrogens with zero attached hydrogens (tertiary/aromatic N) is 3. The van der Waals surface area contributed by atoms with E-state index in [4.69, 9.17) is 9.72 Å². The van der Waals surface area contributed by atoms with E-state index in [2.05, 4.69) is 10.4 Å². The molecule has 0 aliphatic heterocycles. The number of fused-ring (bicyclic) bond motifs is 2. The highest BCUT2D eigenvalue weighted by molar-refractivity contribution is 6.09. The van der Waals surface area contributed by atoms with E-state index >= 15 is 0 Å². The standard InChI is InChI=1S/C20H18N4O2/c1-12-6-4-7-13-11-16-18(23-24(2)19(16)21-17(12)13)22-20(25)14-8-5-9-15(10-14)26-3/h4-11H,1-3H3,(H,22,23,25). The number of hydrogen-bond donors (Lipinski definition) is 1. The van der Waals surface area contributed by atoms with Crippen molar-refractivity contribution < 1.29 is 9.53 Å². The first-order chi connectivity index (χ1) is 12.6. The summed E-state index contributed by atoms with van der Waals surface area (Å²) in [6.45, 7) is 2.03. The van der Waals surface area contributed by atoms with Crippen LogP contribution >= 0.6 is 0 Å². The fraction of sp³-hybridized carbons (Fsp3) is 0.150. The predicted molar refractivity (Wildman–Crippen MR) is 102 cm³/mol. The highest BCUT2D eigenvalue weighted by Crippen LogP contribution is 2.27. The van der Waals surface area contributed by atoms with Crippen molar-refractivity contribution in [3.05, 3.63) is 59.7 Å². The molecule has 4 rings (SSSR count). The van der Waals surface area contributed by atoms with Gasteiger partial charge in [0.25, 0.3) is 5.91 Å². The molecular formula is C20H18N4O2. The Kier molecular flexibility index (Phi) is 3.80. The van der Waals surface area contributed by atoms with E-state index in [9.17, 15) is 4.79 Å². The van der Waals surface area contributed by atoms with Crippen LogP contribution in [0.25, 0.3) is 21.9 Å². The normalized spacial score (nSPS) is 11.0. The molecule has 0 fully saturated rings. The Hall–Kier alpha value is -3.41. The van der Waals surface area contributed by atoms with Crippen molar-refractivity contribution in [2.75, 3.05) is 12.4 Å². The van der Waals surface area contributed by atoms with Crippen LogP contribution in [0.5, 0.6) is 5.75 Å². The number of anilines is 1. The lowest BCUT2D eigenvalue weighted by molar-refractivity contribution is 0.102. The minimum absolute atomic E-state index is 0.242. The molecule has 2 aromatic carbocycles. The SMILES string of the molecule is COc1cccc(C(=O)Nc2nn(C)c3nc4c(C)cccc4cc23)c1. The molecule has 0 aliphatic carbocycles. The fourth-order valence-corrected chi connectivity index (χ4v) is 3.05. The second-order valence-corrected chi connectivity index (χ2v) is 6.16. The Morgan fingerprint density at radius 3 is 2.77 bits per heavy atom. The van der Waals surface area contributed by atoms with Crippen molar-refractivity contribution in [3.8, 4) is 5.75 Å². The number of nitrogens with one attached hydrogen (secondary N) is 1. The van der Waals surface area contributed by atoms with Crippen LogP contribution in [0.4, 0.5) is 5.82 Å². The number of amides is 1. The summed E-state index contributed by atoms with van der Waals surface area (Å²) in [6.07, 6.45) is 0. The maximum atomic E-state index is 12.6. The van der Waals surface area contributed by atoms with Crippen molar-refractivity contribution in [1.29, 1.82) is 0 Å². The molecule has 130 valence electrons. The zero-order valence-electron chi connectivity index (χ0n) is 14.8. The number of methoxy groups -OCH3 is 1. The van der Waals surface area contributed by atoms with Gasteiger partial charge in [-0.1, -0.05) is 24.3 Å². The van der Waals surface area contributed by atoms with Crippen molar-refractivity contribution in [1.82, 2.24) is 14.8 Å². The topological polar surface area (TPSA) is 69.0 Å². The Morgan fingerprint density at radius 2 is 1.96 bits per heavy atom. The van der Waals surface area contributed by atoms with Crippen LogP contribution in [-0.4, -0.2) is 27.8 Å². The summed E-state index contributed by atoms with van der Waals surface area (Å²) >= 11 is 0. The van der Waals surface area contributed by atoms with Gasteiger partial charge in [0.05, 0.1) is 18.0 Å². The minimum Gasteiger partial charge on any atom is -0.497 e. The lowest BCUT2D eigenvalue weighted by Gasteiger charge is -2.05. The molecule has 2 aromatic heterocycles. The van der Waals surface area contributed by atoms with Crippen LogP contribution in [0.15, 0.2) is 48.5 Å². The Labute approximate surface area is 150 Å². The average molecular weight is 346 g/mol. The Balaban J connectivity index is 1.78. The van der Waals surface area contributed by atoms with Crippen molar-refractivity contribution in [2.45, 2.75) is 6.92 Å². The predicted octanol–water partition coefficient (Wildman–Crippen LogP) is 3.69. The summed E-state index contributed by atoms with van der Waals surface area (Å²) in [7, 11) is 3.39. The second kappa shape index (κ2) is 6.15. The molecule has 6 heteroatoms. The van der Waals surface area contributed by atoms with E-state index in [1.165, 1.54) is 0 Å². The minimum atomic E-state index is -0.242. The molecule has 26 heavy (non-hydrogen) atoms. The van der Waals surface area contributed by atoms with Crippen LogP contribution in [0.2, 0.25) is 0 Å². The van der Waals surface area contributed by atoms with Crippen molar-refractivity contribution in [2.24, 2.45) is 7.05 Å². The molecule has 0 radical (unpaired) electrons. The molecule has 0 saturated carbocycles. The molecule has 0 unspecified atom stereocenters. The number of aromatic nitrogens is 3. The molecule has 0 saturated heterocycles. The maximum absolute atomic E-state index is 12.6. The number of carbonyl (C=O) groups excluding carboxylic acids is 1. The number of aryl methyl sites for hydroxylation is 2. The number of benzene rings is 2. The third-order valence-electron chi connectivity index (χ3n) is 4.40. The number of rotatable bonds is 3. The highest BCUT2D eigenvalue weighted by atomic mass is 16.5. The van der Waals surface area contributed by atoms with Gasteiger partial charge in [-0.25, -0.2) is 9.67 Å². The molecule has 0 bridgehead atoms. The number of ether oxygens (including phenoxy) is 1. The van der Waals surface area contributed by atoms with Crippen molar-refractivity contribution >= 4 is 33.7 Å². The van der Waals surface area contributed by atoms with Gasteiger partial charge in [-0.3, -0.25) is 4.79 Å². The Morgan fingerprint density at radius 1 is 1.15 bits per heavy atom. The molecule has 4 aromatic rings. The Bertz CT molecular complexity index is 1150. The molecule has 0 spiro atoms. The van der Waals surface area contributed by atoms with E-state index in [0.717, 1.165) is 27.5 Å². The number of carbonyl (C=O) groups is 1. The van der Waals surface area contributed by atoms with Gasteiger partial charge in [-0.2, -0.15) is 5.10 Å². The van der Waals surface area contributed by atoms with Crippen LogP contribution < -0.4 is 10.1 Å². The monoisotopic (exact) mass is 346 g/mol. The van der Waals surface area contributed by atoms with E-state index in [0.29, 0.717) is 17.1 Å². The number of hydrogen-bond acceptors (Lipinski definition) is 4. The van der Waals surface area contributed by atoms with E-state index in [-0.39, 0.29) is 5.91 Å². The summed E-state index contributed by atoms with van der Waals surface area (Å²) in [4.78, 5) is 17.4. The first-order valence-corrected chi connectivity index (χ1v) is 8.25. The number of para-hydroxylation sites is 1. The summed E-state index contributed by atoms with van der Waals surface area (Å²) in [5, 5.41) is 9.15. The molecule has 6 nitrogen and oxygen atoms in total. The lowest BCUT2D eigenvalue weighted by Crippen LogP contribution is -2.12. The van der Waals surface area contributed by atoms with Crippen molar-refractivity contribution in [3.63, 3.8) is 0 Å². The van der Waals surface area contributed by atoms with Gasteiger partial charge in [-0.05, 0) is 36.8 Å². The summed E-state index contributed by atoms with van der Waals surface area (Å²) < 4.78 is 6.86. The molecular weight excluding hydrogens is 328 g/mol. The van der Waals surface area contributed by atoms with Gasteiger partial charge in [0.15, 0.2) is 11.5 Å². The molecule has 1 amide bonds. The number of pyridine rings is 1. The van der Waals surface area contributed by atoms with Gasteiger partial charge < -0.3 is 10.1 Å². The van der Waals surface area contributed by atoms with Crippen LogP contribution in [0.3, 0.4) is 0 Å². The first kappa shape index (κ1) is 16.1. The van der Waals surface area contributed by atoms with Crippen LogP contribution in [-0.2, 0) is 7.05 Å². The van der Waals surface area contributed by atoms with Gasteiger partial charge in [0.1, 0.15) is 5.75 Å². The van der Waals surface area contributed by atoms with E-state index in [1.807, 2.05) is 38.2 Å². The first-order valence-electron chi connectivity index (χ1n) is 8.25. The fourth-order valence-electron chi connectivity index (χ4n) is 3.05. The van der Waals surface area contributed by atoms with Crippen LogP contribution in [0.1, 0.15) is 15.9 Å². The third kappa shape index (κ3) is 2.65. The van der Waals surface area contributed by atoms with Gasteiger partial charge in [0, 0.05) is 18.0 Å². The molecule has 2 heterocycles. The third-order valence-corrected chi connectivity index (χ3v) is 4.40. The molecule has 1 N–H and O–H groups in total. The zero-order valence-corrected chi connectivity index (χ0v) is 14.8. The van der Waals surface area contributed by atoms with Gasteiger partial charge in [0.2, 0.25) is 0 Å². The summed E-state index contributed by atoms with van der Waals surface area (Å²) in [5.41, 5.74) is 3.28. The lowest BCUT2D eigenvalue weighted by atomic mass is 10.1. The van der Waals surface area contributed by atoms with E-state index < -0.39 is 0 Å². The quantitative estimate of drug-likeness (QED) is 0.614. The smallest absolute Gasteiger partial charge is 0.257 e. The average Bonchev–Trinajstić information content (AvgIpc) is 2.95. The highest BCUT2D eigenvalue weighted by Gasteiger charge is 2.15. The summed E-state index contributed by atoms with van der Waals surface area (Å²) in [5.74, 6) is 0.881.